The number of fused-ring (bicyclic) bond motifs is 1. The van der Waals surface area contributed by atoms with E-state index >= 15 is 0 Å². The number of piperidine rings is 1. The third kappa shape index (κ3) is 3.69. The van der Waals surface area contributed by atoms with Gasteiger partial charge in [0.2, 0.25) is 0 Å². The molecular formula is C20H26N4O3S. The minimum Gasteiger partial charge on any atom is -0.444 e. The predicted molar refractivity (Wildman–Crippen MR) is 111 cm³/mol. The minimum absolute atomic E-state index is 0. The first-order valence-corrected chi connectivity index (χ1v) is 10.5. The zero-order valence-electron chi connectivity index (χ0n) is 16.1. The maximum atomic E-state index is 12.4. The Morgan fingerprint density at radius 2 is 2.07 bits per heavy atom. The Hall–Kier alpha value is -2.61. The molecule has 8 heteroatoms. The summed E-state index contributed by atoms with van der Waals surface area (Å²) in [6, 6.07) is 8.10. The number of nitrogens with zero attached hydrogens (tertiary/aromatic N) is 3. The largest absolute Gasteiger partial charge is 0.444 e. The predicted octanol–water partition coefficient (Wildman–Crippen LogP) is 3.65. The van der Waals surface area contributed by atoms with Crippen molar-refractivity contribution in [3.8, 4) is 0 Å². The van der Waals surface area contributed by atoms with Crippen LogP contribution in [0.4, 0.5) is 15.6 Å². The number of carbonyl (C=O) groups excluding carboxylic acids is 2. The van der Waals surface area contributed by atoms with Crippen LogP contribution in [0, 0.1) is 0 Å². The molecule has 1 fully saturated rings. The molecule has 2 amide bonds. The van der Waals surface area contributed by atoms with Gasteiger partial charge in [-0.25, -0.2) is 9.78 Å². The molecule has 1 aromatic heterocycles. The molecule has 2 aliphatic heterocycles. The van der Waals surface area contributed by atoms with E-state index in [-0.39, 0.29) is 25.5 Å². The van der Waals surface area contributed by atoms with Gasteiger partial charge >= 0.3 is 6.09 Å². The lowest BCUT2D eigenvalue weighted by molar-refractivity contribution is 0.0938. The zero-order chi connectivity index (χ0) is 19.7. The van der Waals surface area contributed by atoms with Crippen molar-refractivity contribution in [1.29, 1.82) is 0 Å². The lowest BCUT2D eigenvalue weighted by atomic mass is 10.0. The summed E-state index contributed by atoms with van der Waals surface area (Å²) < 4.78 is 5.36. The van der Waals surface area contributed by atoms with E-state index < -0.39 is 0 Å². The molecule has 28 heavy (non-hydrogen) atoms. The molecule has 0 aliphatic carbocycles. The van der Waals surface area contributed by atoms with Crippen LogP contribution in [0.3, 0.4) is 0 Å². The van der Waals surface area contributed by atoms with Crippen LogP contribution < -0.4 is 15.1 Å². The number of benzene rings is 1. The monoisotopic (exact) mass is 402 g/mol. The molecule has 2 aliphatic rings. The topological polar surface area (TPSA) is 74.8 Å². The molecule has 150 valence electrons. The summed E-state index contributed by atoms with van der Waals surface area (Å²) in [4.78, 5) is 33.0. The van der Waals surface area contributed by atoms with E-state index in [9.17, 15) is 9.59 Å². The Bertz CT molecular complexity index is 880. The molecule has 0 bridgehead atoms. The summed E-state index contributed by atoms with van der Waals surface area (Å²) in [5.74, 6) is -0.139. The number of ether oxygens (including phenoxy) is 1. The maximum absolute atomic E-state index is 12.4. The first kappa shape index (κ1) is 18.7. The van der Waals surface area contributed by atoms with Gasteiger partial charge in [-0.15, -0.1) is 11.3 Å². The number of hydrogen-bond acceptors (Lipinski definition) is 6. The summed E-state index contributed by atoms with van der Waals surface area (Å²) >= 11 is 1.49. The van der Waals surface area contributed by atoms with Gasteiger partial charge in [-0.1, -0.05) is 18.2 Å². The summed E-state index contributed by atoms with van der Waals surface area (Å²) in [5.41, 5.74) is 2.47. The Kier molecular flexibility index (Phi) is 5.21. The van der Waals surface area contributed by atoms with Gasteiger partial charge in [-0.2, -0.15) is 0 Å². The lowest BCUT2D eigenvalue weighted by Crippen LogP contribution is -2.49. The Balaban J connectivity index is 0.00000240. The van der Waals surface area contributed by atoms with Gasteiger partial charge in [0.15, 0.2) is 5.13 Å². The number of para-hydroxylation sites is 1. The molecule has 4 rings (SSSR count). The number of anilines is 2. The van der Waals surface area contributed by atoms with Crippen molar-refractivity contribution in [2.45, 2.75) is 45.4 Å². The Labute approximate surface area is 169 Å². The van der Waals surface area contributed by atoms with Crippen molar-refractivity contribution >= 4 is 34.2 Å². The fraction of sp³-hybridized carbons (Fsp3) is 0.450. The van der Waals surface area contributed by atoms with Crippen molar-refractivity contribution in [1.82, 2.24) is 10.3 Å². The molecule has 1 N–H and O–H groups in total. The smallest absolute Gasteiger partial charge is 0.414 e. The average Bonchev–Trinajstić information content (AvgIpc) is 3.18. The number of thiazole rings is 1. The van der Waals surface area contributed by atoms with Crippen molar-refractivity contribution in [3.05, 3.63) is 40.9 Å². The normalized spacial score (nSPS) is 17.5. The van der Waals surface area contributed by atoms with E-state index in [0.29, 0.717) is 12.3 Å². The van der Waals surface area contributed by atoms with E-state index in [4.69, 9.17) is 4.74 Å². The van der Waals surface area contributed by atoms with Crippen LogP contribution in [0.25, 0.3) is 0 Å². The minimum atomic E-state index is -0.265. The van der Waals surface area contributed by atoms with Gasteiger partial charge in [-0.3, -0.25) is 9.69 Å². The van der Waals surface area contributed by atoms with Crippen molar-refractivity contribution in [3.63, 3.8) is 0 Å². The Morgan fingerprint density at radius 1 is 1.32 bits per heavy atom. The second-order valence-corrected chi connectivity index (χ2v) is 8.25. The summed E-state index contributed by atoms with van der Waals surface area (Å²) in [7, 11) is 0. The molecule has 0 atom stereocenters. The summed E-state index contributed by atoms with van der Waals surface area (Å²) in [5, 5.41) is 5.53. The molecule has 0 spiro atoms. The van der Waals surface area contributed by atoms with Crippen LogP contribution in [0.2, 0.25) is 0 Å². The van der Waals surface area contributed by atoms with Gasteiger partial charge in [0.1, 0.15) is 12.3 Å². The highest BCUT2D eigenvalue weighted by atomic mass is 32.1. The molecule has 0 unspecified atom stereocenters. The first-order valence-electron chi connectivity index (χ1n) is 9.58. The van der Waals surface area contributed by atoms with E-state index in [1.54, 1.807) is 10.3 Å². The van der Waals surface area contributed by atoms with Gasteiger partial charge < -0.3 is 15.0 Å². The number of cyclic esters (lactones) is 1. The first-order chi connectivity index (χ1) is 13.5. The van der Waals surface area contributed by atoms with Crippen molar-refractivity contribution < 1.29 is 15.8 Å². The number of aromatic nitrogens is 1. The van der Waals surface area contributed by atoms with Crippen LogP contribution in [-0.4, -0.2) is 42.2 Å². The van der Waals surface area contributed by atoms with Crippen LogP contribution in [-0.2, 0) is 11.3 Å². The maximum Gasteiger partial charge on any atom is 0.414 e. The highest BCUT2D eigenvalue weighted by Crippen LogP contribution is 2.33. The average molecular weight is 403 g/mol. The van der Waals surface area contributed by atoms with E-state index in [1.165, 1.54) is 11.3 Å². The highest BCUT2D eigenvalue weighted by Gasteiger charge is 2.34. The molecule has 0 saturated carbocycles. The third-order valence-corrected chi connectivity index (χ3v) is 5.95. The molecule has 1 saturated heterocycles. The number of amides is 2. The van der Waals surface area contributed by atoms with Crippen LogP contribution >= 0.6 is 11.3 Å². The SMILES string of the molecule is CC(C)NC(=O)c1csc(N2CCC(N3C(=O)OCc4ccccc43)CC2)n1.[HH]. The van der Waals surface area contributed by atoms with Gasteiger partial charge in [0.05, 0.1) is 5.69 Å². The van der Waals surface area contributed by atoms with E-state index in [0.717, 1.165) is 42.3 Å². The standard InChI is InChI=1S/C20H24N4O3S.H2/c1-13(2)21-18(25)16-12-28-19(22-16)23-9-7-15(8-10-23)24-17-6-4-3-5-14(17)11-27-20(24)26;/h3-6,12-13,15H,7-11H2,1-2H3,(H,21,25);1H. The van der Waals surface area contributed by atoms with Gasteiger partial charge in [-0.05, 0) is 32.8 Å². The van der Waals surface area contributed by atoms with Crippen molar-refractivity contribution in [2.24, 2.45) is 0 Å². The number of carbonyl (C=O) groups is 2. The summed E-state index contributed by atoms with van der Waals surface area (Å²) in [6.07, 6.45) is 1.40. The molecule has 7 nitrogen and oxygen atoms in total. The van der Waals surface area contributed by atoms with Crippen LogP contribution in [0.15, 0.2) is 29.6 Å². The van der Waals surface area contributed by atoms with E-state index in [2.05, 4.69) is 15.2 Å². The number of nitrogens with one attached hydrogen (secondary N) is 1. The van der Waals surface area contributed by atoms with Crippen LogP contribution in [0.1, 0.15) is 44.2 Å². The number of rotatable bonds is 4. The lowest BCUT2D eigenvalue weighted by Gasteiger charge is -2.40. The Morgan fingerprint density at radius 3 is 2.82 bits per heavy atom. The fourth-order valence-electron chi connectivity index (χ4n) is 3.69. The second kappa shape index (κ2) is 7.79. The van der Waals surface area contributed by atoms with Crippen molar-refractivity contribution in [2.75, 3.05) is 22.9 Å². The quantitative estimate of drug-likeness (QED) is 0.845. The number of hydrogen-bond donors (Lipinski definition) is 1. The molecule has 3 heterocycles. The van der Waals surface area contributed by atoms with E-state index in [1.807, 2.05) is 38.1 Å². The fourth-order valence-corrected chi connectivity index (χ4v) is 4.55. The molecular weight excluding hydrogens is 376 g/mol. The zero-order valence-corrected chi connectivity index (χ0v) is 16.9. The molecule has 0 radical (unpaired) electrons. The van der Waals surface area contributed by atoms with Crippen LogP contribution in [0.5, 0.6) is 0 Å². The molecule has 1 aromatic carbocycles. The third-order valence-electron chi connectivity index (χ3n) is 5.04. The van der Waals surface area contributed by atoms with Gasteiger partial charge in [0, 0.05) is 37.5 Å². The second-order valence-electron chi connectivity index (χ2n) is 7.42. The van der Waals surface area contributed by atoms with Gasteiger partial charge in [0.25, 0.3) is 5.91 Å². The molecule has 2 aromatic rings. The summed E-state index contributed by atoms with van der Waals surface area (Å²) in [6.45, 7) is 5.77. The highest BCUT2D eigenvalue weighted by molar-refractivity contribution is 7.13.